The molecule has 2 rings (SSSR count). The molecule has 1 aromatic carbocycles. The Labute approximate surface area is 129 Å². The molecule has 1 amide bonds. The van der Waals surface area contributed by atoms with Crippen molar-refractivity contribution in [2.45, 2.75) is 33.3 Å². The van der Waals surface area contributed by atoms with Crippen molar-refractivity contribution in [1.82, 2.24) is 10.3 Å². The average molecular weight is 304 g/mol. The van der Waals surface area contributed by atoms with Crippen LogP contribution in [0.2, 0.25) is 0 Å². The van der Waals surface area contributed by atoms with Crippen molar-refractivity contribution in [1.29, 1.82) is 0 Å². The summed E-state index contributed by atoms with van der Waals surface area (Å²) in [6.45, 7) is 5.88. The maximum atomic E-state index is 13.3. The van der Waals surface area contributed by atoms with Crippen LogP contribution in [0, 0.1) is 18.7 Å². The highest BCUT2D eigenvalue weighted by Gasteiger charge is 2.16. The molecule has 0 saturated heterocycles. The summed E-state index contributed by atoms with van der Waals surface area (Å²) in [7, 11) is 0. The predicted molar refractivity (Wildman–Crippen MR) is 84.2 cm³/mol. The summed E-state index contributed by atoms with van der Waals surface area (Å²) in [5.41, 5.74) is 1.54. The number of hydrogen-bond donors (Lipinski definition) is 2. The van der Waals surface area contributed by atoms with Crippen molar-refractivity contribution >= 4 is 16.8 Å². The lowest BCUT2D eigenvalue weighted by molar-refractivity contribution is 0.0851. The fraction of sp³-hybridized carbons (Fsp3) is 0.412. The summed E-state index contributed by atoms with van der Waals surface area (Å²) in [6.07, 6.45) is 0.258. The Morgan fingerprint density at radius 1 is 1.41 bits per heavy atom. The fourth-order valence-corrected chi connectivity index (χ4v) is 2.29. The molecule has 1 heterocycles. The Balaban J connectivity index is 2.24. The van der Waals surface area contributed by atoms with Crippen LogP contribution in [0.1, 0.15) is 36.3 Å². The Hall–Kier alpha value is -2.01. The van der Waals surface area contributed by atoms with E-state index in [-0.39, 0.29) is 24.2 Å². The van der Waals surface area contributed by atoms with E-state index in [1.165, 1.54) is 12.1 Å². The van der Waals surface area contributed by atoms with Gasteiger partial charge < -0.3 is 10.4 Å². The quantitative estimate of drug-likeness (QED) is 0.893. The van der Waals surface area contributed by atoms with Crippen molar-refractivity contribution in [3.63, 3.8) is 0 Å². The van der Waals surface area contributed by atoms with Gasteiger partial charge in [-0.05, 0) is 31.0 Å². The molecule has 22 heavy (non-hydrogen) atoms. The van der Waals surface area contributed by atoms with E-state index in [9.17, 15) is 14.3 Å². The number of rotatable bonds is 5. The number of aliphatic hydroxyl groups excluding tert-OH is 1. The van der Waals surface area contributed by atoms with E-state index < -0.39 is 6.10 Å². The molecular formula is C17H21FN2O2. The third kappa shape index (κ3) is 3.60. The molecule has 118 valence electrons. The fourth-order valence-electron chi connectivity index (χ4n) is 2.29. The Morgan fingerprint density at radius 3 is 2.82 bits per heavy atom. The maximum absolute atomic E-state index is 13.3. The number of aryl methyl sites for hydroxylation is 1. The van der Waals surface area contributed by atoms with Gasteiger partial charge in [-0.2, -0.15) is 0 Å². The van der Waals surface area contributed by atoms with Gasteiger partial charge in [-0.25, -0.2) is 4.39 Å². The molecule has 5 heteroatoms. The van der Waals surface area contributed by atoms with E-state index in [0.717, 1.165) is 6.42 Å². The number of fused-ring (bicyclic) bond motifs is 1. The van der Waals surface area contributed by atoms with Crippen LogP contribution in [0.25, 0.3) is 10.9 Å². The SMILES string of the molecule is CCC(C)C(O)CNC(=O)c1cc(C)nc2cc(F)ccc12. The number of halogens is 1. The minimum Gasteiger partial charge on any atom is -0.391 e. The summed E-state index contributed by atoms with van der Waals surface area (Å²) >= 11 is 0. The highest BCUT2D eigenvalue weighted by molar-refractivity contribution is 6.06. The Kier molecular flexibility index (Phi) is 5.08. The van der Waals surface area contributed by atoms with Crippen LogP contribution in [0.5, 0.6) is 0 Å². The van der Waals surface area contributed by atoms with E-state index in [4.69, 9.17) is 0 Å². The third-order valence-corrected chi connectivity index (χ3v) is 3.92. The van der Waals surface area contributed by atoms with Crippen LogP contribution in [0.3, 0.4) is 0 Å². The Morgan fingerprint density at radius 2 is 2.14 bits per heavy atom. The van der Waals surface area contributed by atoms with Crippen molar-refractivity contribution < 1.29 is 14.3 Å². The number of carbonyl (C=O) groups excluding carboxylic acids is 1. The van der Waals surface area contributed by atoms with Gasteiger partial charge in [0.25, 0.3) is 5.91 Å². The van der Waals surface area contributed by atoms with Gasteiger partial charge >= 0.3 is 0 Å². The second-order valence-corrected chi connectivity index (χ2v) is 5.64. The zero-order chi connectivity index (χ0) is 16.3. The van der Waals surface area contributed by atoms with E-state index in [1.807, 2.05) is 13.8 Å². The number of aromatic nitrogens is 1. The van der Waals surface area contributed by atoms with E-state index in [0.29, 0.717) is 22.2 Å². The minimum atomic E-state index is -0.583. The van der Waals surface area contributed by atoms with Gasteiger partial charge in [-0.15, -0.1) is 0 Å². The molecule has 0 spiro atoms. The smallest absolute Gasteiger partial charge is 0.252 e. The zero-order valence-electron chi connectivity index (χ0n) is 13.1. The van der Waals surface area contributed by atoms with Gasteiger partial charge in [0.2, 0.25) is 0 Å². The number of amides is 1. The first-order chi connectivity index (χ1) is 10.4. The normalized spacial score (nSPS) is 13.9. The summed E-state index contributed by atoms with van der Waals surface area (Å²) in [5.74, 6) is -0.557. The number of hydrogen-bond acceptors (Lipinski definition) is 3. The summed E-state index contributed by atoms with van der Waals surface area (Å²) < 4.78 is 13.3. The first-order valence-electron chi connectivity index (χ1n) is 7.45. The lowest BCUT2D eigenvalue weighted by Crippen LogP contribution is -2.35. The van der Waals surface area contributed by atoms with Gasteiger partial charge in [-0.1, -0.05) is 20.3 Å². The van der Waals surface area contributed by atoms with Gasteiger partial charge in [-0.3, -0.25) is 9.78 Å². The maximum Gasteiger partial charge on any atom is 0.252 e. The number of aliphatic hydroxyl groups is 1. The van der Waals surface area contributed by atoms with Crippen molar-refractivity contribution in [3.8, 4) is 0 Å². The lowest BCUT2D eigenvalue weighted by Gasteiger charge is -2.18. The Bertz CT molecular complexity index is 682. The van der Waals surface area contributed by atoms with Crippen molar-refractivity contribution in [3.05, 3.63) is 41.3 Å². The molecule has 0 aliphatic carbocycles. The summed E-state index contributed by atoms with van der Waals surface area (Å²) in [4.78, 5) is 16.6. The van der Waals surface area contributed by atoms with E-state index >= 15 is 0 Å². The number of pyridine rings is 1. The highest BCUT2D eigenvalue weighted by atomic mass is 19.1. The lowest BCUT2D eigenvalue weighted by atomic mass is 10.0. The van der Waals surface area contributed by atoms with Crippen LogP contribution in [-0.4, -0.2) is 28.6 Å². The molecule has 4 nitrogen and oxygen atoms in total. The largest absolute Gasteiger partial charge is 0.391 e. The van der Waals surface area contributed by atoms with Crippen molar-refractivity contribution in [2.75, 3.05) is 6.54 Å². The third-order valence-electron chi connectivity index (χ3n) is 3.92. The molecule has 0 bridgehead atoms. The molecular weight excluding hydrogens is 283 g/mol. The molecule has 2 unspecified atom stereocenters. The molecule has 2 N–H and O–H groups in total. The first-order valence-corrected chi connectivity index (χ1v) is 7.45. The first kappa shape index (κ1) is 16.4. The summed E-state index contributed by atoms with van der Waals surface area (Å²) in [6, 6.07) is 5.85. The van der Waals surface area contributed by atoms with Crippen LogP contribution in [-0.2, 0) is 0 Å². The standard InChI is InChI=1S/C17H21FN2O2/c1-4-10(2)16(21)9-19-17(22)14-7-11(3)20-15-8-12(18)5-6-13(14)15/h5-8,10,16,21H,4,9H2,1-3H3,(H,19,22). The second kappa shape index (κ2) is 6.83. The van der Waals surface area contributed by atoms with Gasteiger partial charge in [0, 0.05) is 23.7 Å². The predicted octanol–water partition coefficient (Wildman–Crippen LogP) is 2.82. The van der Waals surface area contributed by atoms with Crippen LogP contribution in [0.4, 0.5) is 4.39 Å². The van der Waals surface area contributed by atoms with Gasteiger partial charge in [0.15, 0.2) is 0 Å². The van der Waals surface area contributed by atoms with Crippen molar-refractivity contribution in [2.24, 2.45) is 5.92 Å². The zero-order valence-corrected chi connectivity index (χ0v) is 13.1. The molecule has 0 saturated carbocycles. The number of carbonyl (C=O) groups is 1. The minimum absolute atomic E-state index is 0.116. The molecule has 0 aliphatic rings. The van der Waals surface area contributed by atoms with Crippen LogP contribution < -0.4 is 5.32 Å². The molecule has 0 aliphatic heterocycles. The topological polar surface area (TPSA) is 62.2 Å². The highest BCUT2D eigenvalue weighted by Crippen LogP contribution is 2.19. The summed E-state index contributed by atoms with van der Waals surface area (Å²) in [5, 5.41) is 13.3. The average Bonchev–Trinajstić information content (AvgIpc) is 2.50. The number of nitrogens with zero attached hydrogens (tertiary/aromatic N) is 1. The van der Waals surface area contributed by atoms with E-state index in [2.05, 4.69) is 10.3 Å². The van der Waals surface area contributed by atoms with Crippen LogP contribution in [0.15, 0.2) is 24.3 Å². The molecule has 0 radical (unpaired) electrons. The van der Waals surface area contributed by atoms with Gasteiger partial charge in [0.05, 0.1) is 17.2 Å². The molecule has 2 atom stereocenters. The molecule has 0 fully saturated rings. The second-order valence-electron chi connectivity index (χ2n) is 5.64. The molecule has 2 aromatic rings. The monoisotopic (exact) mass is 304 g/mol. The van der Waals surface area contributed by atoms with Crippen LogP contribution >= 0.6 is 0 Å². The van der Waals surface area contributed by atoms with Gasteiger partial charge in [0.1, 0.15) is 5.82 Å². The number of nitrogens with one attached hydrogen (secondary N) is 1. The number of benzene rings is 1. The van der Waals surface area contributed by atoms with E-state index in [1.54, 1.807) is 19.1 Å². The molecule has 1 aromatic heterocycles.